The molecule has 0 spiro atoms. The molecular weight excluding hydrogens is 885 g/mol. The molecule has 6 heterocycles. The van der Waals surface area contributed by atoms with Crippen LogP contribution in [0.5, 0.6) is 6.01 Å². The average Bonchev–Trinajstić information content (AvgIpc) is 3.94. The highest BCUT2D eigenvalue weighted by atomic mass is 35.5. The first-order valence-electron chi connectivity index (χ1n) is 24.3. The molecule has 3 aromatic carbocycles. The third-order valence-electron chi connectivity index (χ3n) is 14.5. The number of unbranched alkanes of at least 4 members (excludes halogenated alkanes) is 5. The highest BCUT2D eigenvalue weighted by Crippen LogP contribution is 2.38. The fraction of sp³-hybridized carbons (Fsp3) is 0.481. The van der Waals surface area contributed by atoms with Gasteiger partial charge in [0.1, 0.15) is 24.5 Å². The Labute approximate surface area is 402 Å². The van der Waals surface area contributed by atoms with Crippen molar-refractivity contribution in [1.29, 1.82) is 0 Å². The second-order valence-electron chi connectivity index (χ2n) is 18.7. The smallest absolute Gasteiger partial charge is 0.318 e. The van der Waals surface area contributed by atoms with Gasteiger partial charge in [0.15, 0.2) is 5.83 Å². The number of nitrogens with one attached hydrogen (secondary N) is 1. The number of carbonyl (C=O) groups is 4. The predicted octanol–water partition coefficient (Wildman–Crippen LogP) is 7.45. The van der Waals surface area contributed by atoms with E-state index >= 15 is 0 Å². The van der Waals surface area contributed by atoms with Crippen molar-refractivity contribution < 1.29 is 28.3 Å². The van der Waals surface area contributed by atoms with Crippen LogP contribution in [-0.4, -0.2) is 119 Å². The number of benzene rings is 3. The van der Waals surface area contributed by atoms with E-state index in [1.807, 2.05) is 30.3 Å². The molecule has 356 valence electrons. The van der Waals surface area contributed by atoms with Crippen molar-refractivity contribution in [2.75, 3.05) is 62.2 Å². The molecule has 9 rings (SSSR count). The largest absolute Gasteiger partial charge is 0.462 e. The summed E-state index contributed by atoms with van der Waals surface area (Å²) in [4.78, 5) is 73.9. The number of carbonyl (C=O) groups excluding carboxylic acids is 4. The number of piperazine rings is 1. The van der Waals surface area contributed by atoms with Crippen LogP contribution in [0.1, 0.15) is 97.0 Å². The molecule has 5 aliphatic heterocycles. The van der Waals surface area contributed by atoms with E-state index in [2.05, 4.69) is 55.7 Å². The Morgan fingerprint density at radius 1 is 0.882 bits per heavy atom. The number of aromatic nitrogens is 2. The van der Waals surface area contributed by atoms with Crippen LogP contribution >= 0.6 is 11.6 Å². The second kappa shape index (κ2) is 21.0. The van der Waals surface area contributed by atoms with Gasteiger partial charge >= 0.3 is 6.01 Å². The highest BCUT2D eigenvalue weighted by Gasteiger charge is 2.40. The van der Waals surface area contributed by atoms with Crippen LogP contribution in [0.2, 0.25) is 5.02 Å². The summed E-state index contributed by atoms with van der Waals surface area (Å²) in [5, 5.41) is 5.14. The summed E-state index contributed by atoms with van der Waals surface area (Å²) in [6.45, 7) is 16.0. The molecule has 68 heavy (non-hydrogen) atoms. The zero-order chi connectivity index (χ0) is 47.3. The number of hydrogen-bond donors (Lipinski definition) is 1. The van der Waals surface area contributed by atoms with E-state index in [1.165, 1.54) is 10.5 Å². The molecule has 1 unspecified atom stereocenters. The molecule has 0 bridgehead atoms. The van der Waals surface area contributed by atoms with Crippen molar-refractivity contribution in [3.63, 3.8) is 0 Å². The fourth-order valence-corrected chi connectivity index (χ4v) is 11.2. The Kier molecular flexibility index (Phi) is 14.5. The zero-order valence-corrected chi connectivity index (χ0v) is 39.3. The molecule has 1 N–H and O–H groups in total. The summed E-state index contributed by atoms with van der Waals surface area (Å²) in [7, 11) is 0. The van der Waals surface area contributed by atoms with Crippen LogP contribution in [0.3, 0.4) is 0 Å². The molecule has 4 aromatic rings. The van der Waals surface area contributed by atoms with Gasteiger partial charge in [-0.05, 0) is 92.7 Å². The Balaban J connectivity index is 0.797. The van der Waals surface area contributed by atoms with Gasteiger partial charge in [-0.25, -0.2) is 11.0 Å². The number of imide groups is 1. The number of ether oxygens (including phenoxy) is 1. The molecule has 3 fully saturated rings. The maximum Gasteiger partial charge on any atom is 0.318 e. The van der Waals surface area contributed by atoms with Crippen LogP contribution in [-0.2, 0) is 40.3 Å². The first kappa shape index (κ1) is 47.0. The standard InChI is InChI=1S/C52H59ClFN9O5/c1-34(54)50(66)62-28-27-61(30-38(62)29-55-2)48-40-23-26-60(44-20-11-16-36-15-10-19-42(53)47(36)44)32-43(40)56-52(58-48)68-33-37-17-12-25-59(37)24-8-6-4-3-5-7-13-35-14-9-18-39-41(35)31-63(51(39)67)45-21-22-46(64)57-49(45)65/h9-11,14-16,18-20,37-38,45H,1,3-8,12-13,17,21-33H2,(H,57,64,65)/t37-,38-,45?/m0/s1. The first-order valence-corrected chi connectivity index (χ1v) is 24.6. The van der Waals surface area contributed by atoms with Crippen molar-refractivity contribution in [3.05, 3.63) is 111 Å². The number of fused-ring (bicyclic) bond motifs is 3. The number of aryl methyl sites for hydroxylation is 1. The van der Waals surface area contributed by atoms with Gasteiger partial charge in [-0.15, -0.1) is 0 Å². The van der Waals surface area contributed by atoms with Gasteiger partial charge < -0.3 is 29.2 Å². The molecule has 0 saturated carbocycles. The normalized spacial score (nSPS) is 20.7. The Bertz CT molecular complexity index is 2630. The zero-order valence-electron chi connectivity index (χ0n) is 38.6. The van der Waals surface area contributed by atoms with E-state index in [0.29, 0.717) is 68.8 Å². The van der Waals surface area contributed by atoms with Gasteiger partial charge in [-0.2, -0.15) is 9.97 Å². The number of nitrogens with zero attached hydrogens (tertiary/aromatic N) is 8. The maximum absolute atomic E-state index is 14.1. The van der Waals surface area contributed by atoms with Gasteiger partial charge in [-0.1, -0.05) is 80.3 Å². The van der Waals surface area contributed by atoms with Crippen LogP contribution < -0.4 is 19.9 Å². The second-order valence-corrected chi connectivity index (χ2v) is 19.2. The summed E-state index contributed by atoms with van der Waals surface area (Å²) >= 11 is 6.79. The minimum absolute atomic E-state index is 0.0368. The molecule has 4 amide bonds. The minimum Gasteiger partial charge on any atom is -0.462 e. The number of anilines is 2. The summed E-state index contributed by atoms with van der Waals surface area (Å²) < 4.78 is 20.6. The molecule has 3 saturated heterocycles. The van der Waals surface area contributed by atoms with Crippen molar-refractivity contribution in [2.24, 2.45) is 0 Å². The lowest BCUT2D eigenvalue weighted by Crippen LogP contribution is -2.57. The molecule has 16 heteroatoms. The predicted molar refractivity (Wildman–Crippen MR) is 259 cm³/mol. The third-order valence-corrected chi connectivity index (χ3v) is 14.8. The van der Waals surface area contributed by atoms with E-state index in [9.17, 15) is 23.6 Å². The van der Waals surface area contributed by atoms with E-state index in [-0.39, 0.29) is 43.3 Å². The van der Waals surface area contributed by atoms with Gasteiger partial charge in [-0.3, -0.25) is 29.4 Å². The maximum atomic E-state index is 14.1. The van der Waals surface area contributed by atoms with E-state index < -0.39 is 23.8 Å². The number of likely N-dealkylation sites (tertiary alicyclic amines) is 1. The van der Waals surface area contributed by atoms with E-state index in [1.54, 1.807) is 4.90 Å². The van der Waals surface area contributed by atoms with Crippen molar-refractivity contribution in [2.45, 2.75) is 108 Å². The number of halogens is 2. The quantitative estimate of drug-likeness (QED) is 0.0492. The van der Waals surface area contributed by atoms with Gasteiger partial charge in [0.25, 0.3) is 11.8 Å². The number of amides is 4. The van der Waals surface area contributed by atoms with Crippen LogP contribution in [0.4, 0.5) is 15.9 Å². The Morgan fingerprint density at radius 2 is 1.68 bits per heavy atom. The summed E-state index contributed by atoms with van der Waals surface area (Å²) in [6, 6.07) is 17.5. The summed E-state index contributed by atoms with van der Waals surface area (Å²) in [5.74, 6) is -1.85. The Hall–Kier alpha value is -6.11. The van der Waals surface area contributed by atoms with E-state index in [4.69, 9.17) is 32.9 Å². The molecule has 0 radical (unpaired) electrons. The molecule has 5 aliphatic rings. The van der Waals surface area contributed by atoms with Crippen molar-refractivity contribution in [1.82, 2.24) is 30.0 Å². The molecule has 0 aliphatic carbocycles. The topological polar surface area (TPSA) is 136 Å². The van der Waals surface area contributed by atoms with Crippen molar-refractivity contribution >= 4 is 57.5 Å². The van der Waals surface area contributed by atoms with Crippen molar-refractivity contribution in [3.8, 4) is 6.01 Å². The first-order chi connectivity index (χ1) is 33.1. The summed E-state index contributed by atoms with van der Waals surface area (Å²) in [6.07, 6.45) is 11.0. The van der Waals surface area contributed by atoms with Gasteiger partial charge in [0, 0.05) is 67.4 Å². The molecule has 14 nitrogen and oxygen atoms in total. The monoisotopic (exact) mass is 943 g/mol. The average molecular weight is 945 g/mol. The molecular formula is C52H59ClFN9O5. The van der Waals surface area contributed by atoms with Gasteiger partial charge in [0.05, 0.1) is 17.3 Å². The number of piperidine rings is 1. The summed E-state index contributed by atoms with van der Waals surface area (Å²) in [5.41, 5.74) is 5.76. The Morgan fingerprint density at radius 3 is 2.49 bits per heavy atom. The lowest BCUT2D eigenvalue weighted by molar-refractivity contribution is -0.137. The lowest BCUT2D eigenvalue weighted by Gasteiger charge is -2.41. The third kappa shape index (κ3) is 10.0. The fourth-order valence-electron chi connectivity index (χ4n) is 11.0. The number of rotatable bonds is 17. The van der Waals surface area contributed by atoms with Crippen LogP contribution in [0.25, 0.3) is 15.6 Å². The number of hydrogen-bond acceptors (Lipinski definition) is 10. The SMILES string of the molecule is [C-]#[N+]C[C@H]1CN(c2nc(OC[C@@H]3CCCN3CCCCCCCCc3cccc4c3CN(C3CCC(=O)NC3=O)C4=O)nc3c2CCN(c2cccc4cccc(Cl)c24)C3)CCN1C(=O)C(=C)F. The van der Waals surface area contributed by atoms with Gasteiger partial charge in [0.2, 0.25) is 18.4 Å². The van der Waals surface area contributed by atoms with Crippen LogP contribution in [0.15, 0.2) is 67.0 Å². The molecule has 3 atom stereocenters. The molecule has 1 aromatic heterocycles. The van der Waals surface area contributed by atoms with Crippen LogP contribution in [0, 0.1) is 6.57 Å². The lowest BCUT2D eigenvalue weighted by atomic mass is 9.98. The highest BCUT2D eigenvalue weighted by molar-refractivity contribution is 6.36. The van der Waals surface area contributed by atoms with E-state index in [0.717, 1.165) is 110 Å². The minimum atomic E-state index is -1.03.